The number of amides is 1. The van der Waals surface area contributed by atoms with Crippen LogP contribution >= 0.6 is 0 Å². The van der Waals surface area contributed by atoms with Crippen molar-refractivity contribution in [3.05, 3.63) is 53.4 Å². The van der Waals surface area contributed by atoms with Gasteiger partial charge in [0.2, 0.25) is 5.76 Å². The maximum Gasteiger partial charge on any atom is 0.377 e. The monoisotopic (exact) mass is 302 g/mol. The zero-order valence-electron chi connectivity index (χ0n) is 12.8. The number of carbonyl (C=O) groups is 2. The number of ether oxygens (including phenoxy) is 1. The van der Waals surface area contributed by atoms with E-state index < -0.39 is 12.1 Å². The summed E-state index contributed by atoms with van der Waals surface area (Å²) in [6, 6.07) is 11.0. The van der Waals surface area contributed by atoms with Gasteiger partial charge in [-0.25, -0.2) is 4.79 Å². The lowest BCUT2D eigenvalue weighted by Crippen LogP contribution is -2.37. The average Bonchev–Trinajstić information content (AvgIpc) is 2.94. The number of esters is 1. The first-order valence-corrected chi connectivity index (χ1v) is 6.90. The Hall–Kier alpha value is -2.63. The van der Waals surface area contributed by atoms with Gasteiger partial charge in [-0.05, 0) is 19.4 Å². The number of hydrogen-bond acceptors (Lipinski definition) is 5. The number of benzene rings is 1. The number of aryl methyl sites for hydroxylation is 1. The summed E-state index contributed by atoms with van der Waals surface area (Å²) in [6.07, 6.45) is -0.897. The van der Waals surface area contributed by atoms with E-state index in [1.807, 2.05) is 30.3 Å². The first kappa shape index (κ1) is 15.8. The Morgan fingerprint density at radius 2 is 2.00 bits per heavy atom. The van der Waals surface area contributed by atoms with E-state index >= 15 is 0 Å². The largest absolute Gasteiger partial charge is 0.447 e. The Labute approximate surface area is 128 Å². The summed E-state index contributed by atoms with van der Waals surface area (Å²) in [5, 5.41) is 3.61. The summed E-state index contributed by atoms with van der Waals surface area (Å²) in [5.41, 5.74) is 1.58. The van der Waals surface area contributed by atoms with Gasteiger partial charge in [-0.15, -0.1) is 0 Å². The van der Waals surface area contributed by atoms with Gasteiger partial charge in [-0.2, -0.15) is 0 Å². The Morgan fingerprint density at radius 3 is 2.59 bits per heavy atom. The summed E-state index contributed by atoms with van der Waals surface area (Å²) < 4.78 is 9.92. The van der Waals surface area contributed by atoms with Crippen LogP contribution in [0.2, 0.25) is 0 Å². The lowest BCUT2D eigenvalue weighted by molar-refractivity contribution is -0.139. The van der Waals surface area contributed by atoms with Crippen LogP contribution in [0.3, 0.4) is 0 Å². The Morgan fingerprint density at radius 1 is 1.32 bits per heavy atom. The molecule has 0 bridgehead atoms. The number of hydrogen-bond donors (Lipinski definition) is 0. The first-order chi connectivity index (χ1) is 10.5. The molecule has 116 valence electrons. The maximum absolute atomic E-state index is 12.2. The van der Waals surface area contributed by atoms with Crippen molar-refractivity contribution in [3.8, 4) is 0 Å². The minimum absolute atomic E-state index is 0.0112. The zero-order chi connectivity index (χ0) is 16.1. The second-order valence-electron chi connectivity index (χ2n) is 5.06. The summed E-state index contributed by atoms with van der Waals surface area (Å²) >= 11 is 0. The number of carbonyl (C=O) groups excluding carboxylic acids is 2. The Balaban J connectivity index is 1.92. The van der Waals surface area contributed by atoms with Crippen molar-refractivity contribution in [3.63, 3.8) is 0 Å². The highest BCUT2D eigenvalue weighted by Gasteiger charge is 2.24. The predicted molar refractivity (Wildman–Crippen MR) is 79.0 cm³/mol. The first-order valence-electron chi connectivity index (χ1n) is 6.90. The topological polar surface area (TPSA) is 72.6 Å². The van der Waals surface area contributed by atoms with E-state index in [9.17, 15) is 9.59 Å². The van der Waals surface area contributed by atoms with Crippen molar-refractivity contribution in [2.24, 2.45) is 0 Å². The summed E-state index contributed by atoms with van der Waals surface area (Å²) in [5.74, 6) is -0.995. The SMILES string of the molecule is Cc1cc(C(=O)O[C@H](C)C(=O)N(C)Cc2ccccc2)on1. The molecule has 0 saturated carbocycles. The molecule has 0 spiro atoms. The van der Waals surface area contributed by atoms with Crippen LogP contribution in [0, 0.1) is 6.92 Å². The van der Waals surface area contributed by atoms with Crippen molar-refractivity contribution in [1.82, 2.24) is 10.1 Å². The van der Waals surface area contributed by atoms with E-state index in [0.29, 0.717) is 12.2 Å². The molecule has 1 aromatic heterocycles. The number of likely N-dealkylation sites (N-methyl/N-ethyl adjacent to an activating group) is 1. The summed E-state index contributed by atoms with van der Waals surface area (Å²) in [7, 11) is 1.66. The molecule has 1 aromatic carbocycles. The van der Waals surface area contributed by atoms with E-state index in [-0.39, 0.29) is 11.7 Å². The van der Waals surface area contributed by atoms with Gasteiger partial charge in [0, 0.05) is 19.7 Å². The van der Waals surface area contributed by atoms with Gasteiger partial charge in [0.1, 0.15) is 0 Å². The second-order valence-corrected chi connectivity index (χ2v) is 5.06. The van der Waals surface area contributed by atoms with Crippen LogP contribution < -0.4 is 0 Å². The highest BCUT2D eigenvalue weighted by Crippen LogP contribution is 2.09. The van der Waals surface area contributed by atoms with Crippen molar-refractivity contribution in [1.29, 1.82) is 0 Å². The maximum atomic E-state index is 12.2. The predicted octanol–water partition coefficient (Wildman–Crippen LogP) is 2.19. The van der Waals surface area contributed by atoms with Crippen molar-refractivity contribution < 1.29 is 18.8 Å². The third-order valence-corrected chi connectivity index (χ3v) is 3.10. The molecular weight excluding hydrogens is 284 g/mol. The third-order valence-electron chi connectivity index (χ3n) is 3.10. The highest BCUT2D eigenvalue weighted by molar-refractivity contribution is 5.89. The number of nitrogens with zero attached hydrogens (tertiary/aromatic N) is 2. The van der Waals surface area contributed by atoms with Crippen molar-refractivity contribution in [2.75, 3.05) is 7.05 Å². The van der Waals surface area contributed by atoms with E-state index in [4.69, 9.17) is 9.26 Å². The van der Waals surface area contributed by atoms with Crippen molar-refractivity contribution >= 4 is 11.9 Å². The molecule has 0 aliphatic heterocycles. The molecule has 1 amide bonds. The van der Waals surface area contributed by atoms with Gasteiger partial charge >= 0.3 is 5.97 Å². The van der Waals surface area contributed by atoms with Gasteiger partial charge < -0.3 is 14.2 Å². The molecule has 1 heterocycles. The fourth-order valence-corrected chi connectivity index (χ4v) is 1.97. The van der Waals surface area contributed by atoms with Crippen LogP contribution in [-0.4, -0.2) is 35.1 Å². The van der Waals surface area contributed by atoms with Gasteiger partial charge in [0.25, 0.3) is 5.91 Å². The Bertz CT molecular complexity index is 651. The fourth-order valence-electron chi connectivity index (χ4n) is 1.97. The molecule has 6 nitrogen and oxygen atoms in total. The lowest BCUT2D eigenvalue weighted by Gasteiger charge is -2.21. The Kier molecular flexibility index (Phi) is 4.93. The van der Waals surface area contributed by atoms with Crippen LogP contribution in [-0.2, 0) is 16.1 Å². The van der Waals surface area contributed by atoms with Crippen LogP contribution in [0.5, 0.6) is 0 Å². The van der Waals surface area contributed by atoms with Crippen LogP contribution in [0.4, 0.5) is 0 Å². The molecule has 0 saturated heterocycles. The molecule has 0 N–H and O–H groups in total. The normalized spacial score (nSPS) is 11.8. The molecule has 0 unspecified atom stereocenters. The second kappa shape index (κ2) is 6.89. The van der Waals surface area contributed by atoms with Crippen molar-refractivity contribution in [2.45, 2.75) is 26.5 Å². The fraction of sp³-hybridized carbons (Fsp3) is 0.312. The van der Waals surface area contributed by atoms with E-state index in [1.54, 1.807) is 14.0 Å². The minimum atomic E-state index is -0.897. The molecule has 2 aromatic rings. The van der Waals surface area contributed by atoms with Crippen LogP contribution in [0.15, 0.2) is 40.9 Å². The average molecular weight is 302 g/mol. The van der Waals surface area contributed by atoms with Gasteiger partial charge in [0.15, 0.2) is 6.10 Å². The standard InChI is InChI=1S/C16H18N2O4/c1-11-9-14(22-17-11)16(20)21-12(2)15(19)18(3)10-13-7-5-4-6-8-13/h4-9,12H,10H2,1-3H3/t12-/m1/s1. The van der Waals surface area contributed by atoms with Gasteiger partial charge in [-0.1, -0.05) is 35.5 Å². The lowest BCUT2D eigenvalue weighted by atomic mass is 10.2. The molecule has 0 fully saturated rings. The number of aromatic nitrogens is 1. The van der Waals surface area contributed by atoms with Gasteiger partial charge in [0.05, 0.1) is 5.69 Å². The molecule has 2 rings (SSSR count). The smallest absolute Gasteiger partial charge is 0.377 e. The molecule has 0 aliphatic rings. The summed E-state index contributed by atoms with van der Waals surface area (Å²) in [4.78, 5) is 25.6. The van der Waals surface area contributed by atoms with E-state index in [1.165, 1.54) is 17.9 Å². The molecule has 6 heteroatoms. The molecule has 22 heavy (non-hydrogen) atoms. The minimum Gasteiger partial charge on any atom is -0.447 e. The van der Waals surface area contributed by atoms with Crippen LogP contribution in [0.1, 0.15) is 28.7 Å². The quantitative estimate of drug-likeness (QED) is 0.792. The summed E-state index contributed by atoms with van der Waals surface area (Å²) in [6.45, 7) is 3.68. The van der Waals surface area contributed by atoms with Gasteiger partial charge in [-0.3, -0.25) is 4.79 Å². The highest BCUT2D eigenvalue weighted by atomic mass is 16.6. The molecule has 1 atom stereocenters. The third kappa shape index (κ3) is 3.94. The zero-order valence-corrected chi connectivity index (χ0v) is 12.8. The van der Waals surface area contributed by atoms with Crippen LogP contribution in [0.25, 0.3) is 0 Å². The van der Waals surface area contributed by atoms with E-state index in [0.717, 1.165) is 5.56 Å². The molecule has 0 radical (unpaired) electrons. The van der Waals surface area contributed by atoms with E-state index in [2.05, 4.69) is 5.16 Å². The molecule has 0 aliphatic carbocycles. The molecular formula is C16H18N2O4. The number of rotatable bonds is 5.